The Morgan fingerprint density at radius 3 is 2.90 bits per heavy atom. The number of likely N-dealkylation sites (tertiary alicyclic amines) is 1. The minimum Gasteiger partial charge on any atom is -0.494 e. The lowest BCUT2D eigenvalue weighted by molar-refractivity contribution is 0.0954. The zero-order valence-corrected chi connectivity index (χ0v) is 13.8. The Morgan fingerprint density at radius 2 is 2.14 bits per heavy atom. The third-order valence-corrected chi connectivity index (χ3v) is 4.57. The van der Waals surface area contributed by atoms with Gasteiger partial charge < -0.3 is 10.1 Å². The Labute approximate surface area is 129 Å². The summed E-state index contributed by atoms with van der Waals surface area (Å²) in [4.78, 5) is 2.68. The standard InChI is InChI=1S/C18H30N2O/c1-4-21-18-11-6-5-10-17(18)15(2)20-14-8-7-9-16(20)12-13-19-3/h5-6,10-11,15-16,19H,4,7-9,12-14H2,1-3H3. The lowest BCUT2D eigenvalue weighted by Crippen LogP contribution is -2.42. The minimum absolute atomic E-state index is 0.426. The molecule has 21 heavy (non-hydrogen) atoms. The number of rotatable bonds is 7. The summed E-state index contributed by atoms with van der Waals surface area (Å²) in [6, 6.07) is 9.63. The molecule has 118 valence electrons. The Morgan fingerprint density at radius 1 is 1.33 bits per heavy atom. The summed E-state index contributed by atoms with van der Waals surface area (Å²) in [6.07, 6.45) is 5.24. The van der Waals surface area contributed by atoms with E-state index in [0.29, 0.717) is 12.1 Å². The van der Waals surface area contributed by atoms with Crippen LogP contribution in [0.25, 0.3) is 0 Å². The predicted octanol–water partition coefficient (Wildman–Crippen LogP) is 3.61. The van der Waals surface area contributed by atoms with Crippen LogP contribution in [0.3, 0.4) is 0 Å². The molecule has 3 heteroatoms. The van der Waals surface area contributed by atoms with Gasteiger partial charge >= 0.3 is 0 Å². The van der Waals surface area contributed by atoms with Crippen LogP contribution in [-0.4, -0.2) is 37.7 Å². The van der Waals surface area contributed by atoms with Crippen LogP contribution in [0.2, 0.25) is 0 Å². The Kier molecular flexibility index (Phi) is 6.52. The molecule has 2 unspecified atom stereocenters. The van der Waals surface area contributed by atoms with Crippen molar-refractivity contribution in [3.05, 3.63) is 29.8 Å². The van der Waals surface area contributed by atoms with Crippen LogP contribution >= 0.6 is 0 Å². The molecule has 1 heterocycles. The van der Waals surface area contributed by atoms with Gasteiger partial charge in [0.05, 0.1) is 6.61 Å². The molecular formula is C18H30N2O. The first-order valence-corrected chi connectivity index (χ1v) is 8.40. The molecule has 0 radical (unpaired) electrons. The lowest BCUT2D eigenvalue weighted by Gasteiger charge is -2.40. The van der Waals surface area contributed by atoms with Crippen LogP contribution in [0.4, 0.5) is 0 Å². The number of benzene rings is 1. The molecule has 3 nitrogen and oxygen atoms in total. The number of nitrogens with zero attached hydrogens (tertiary/aromatic N) is 1. The van der Waals surface area contributed by atoms with E-state index in [4.69, 9.17) is 4.74 Å². The maximum Gasteiger partial charge on any atom is 0.124 e. The maximum absolute atomic E-state index is 5.83. The highest BCUT2D eigenvalue weighted by molar-refractivity contribution is 5.35. The zero-order valence-electron chi connectivity index (χ0n) is 13.8. The fourth-order valence-corrected chi connectivity index (χ4v) is 3.44. The molecule has 0 amide bonds. The summed E-state index contributed by atoms with van der Waals surface area (Å²) in [5, 5.41) is 3.29. The molecule has 0 spiro atoms. The van der Waals surface area contributed by atoms with Gasteiger partial charge in [-0.2, -0.15) is 0 Å². The van der Waals surface area contributed by atoms with E-state index in [2.05, 4.69) is 48.3 Å². The summed E-state index contributed by atoms with van der Waals surface area (Å²) in [5.74, 6) is 1.05. The van der Waals surface area contributed by atoms with Gasteiger partial charge in [0.25, 0.3) is 0 Å². The molecule has 0 aliphatic carbocycles. The van der Waals surface area contributed by atoms with Gasteiger partial charge in [0, 0.05) is 17.6 Å². The fourth-order valence-electron chi connectivity index (χ4n) is 3.44. The lowest BCUT2D eigenvalue weighted by atomic mass is 9.94. The van der Waals surface area contributed by atoms with E-state index in [1.54, 1.807) is 0 Å². The van der Waals surface area contributed by atoms with E-state index in [1.165, 1.54) is 37.8 Å². The smallest absolute Gasteiger partial charge is 0.124 e. The van der Waals surface area contributed by atoms with Crippen LogP contribution < -0.4 is 10.1 Å². The van der Waals surface area contributed by atoms with Crippen molar-refractivity contribution in [2.75, 3.05) is 26.7 Å². The summed E-state index contributed by atoms with van der Waals surface area (Å²) in [6.45, 7) is 7.41. The quantitative estimate of drug-likeness (QED) is 0.830. The predicted molar refractivity (Wildman–Crippen MR) is 88.9 cm³/mol. The van der Waals surface area contributed by atoms with Gasteiger partial charge in [0.1, 0.15) is 5.75 Å². The summed E-state index contributed by atoms with van der Waals surface area (Å²) < 4.78 is 5.83. The molecule has 1 saturated heterocycles. The van der Waals surface area contributed by atoms with Gasteiger partial charge in [-0.1, -0.05) is 24.6 Å². The largest absolute Gasteiger partial charge is 0.494 e. The number of hydrogen-bond acceptors (Lipinski definition) is 3. The molecule has 0 saturated carbocycles. The molecule has 0 bridgehead atoms. The first kappa shape index (κ1) is 16.3. The molecule has 1 aliphatic heterocycles. The van der Waals surface area contributed by atoms with Gasteiger partial charge in [-0.25, -0.2) is 0 Å². The van der Waals surface area contributed by atoms with Crippen molar-refractivity contribution in [1.29, 1.82) is 0 Å². The van der Waals surface area contributed by atoms with Crippen LogP contribution in [-0.2, 0) is 0 Å². The fraction of sp³-hybridized carbons (Fsp3) is 0.667. The molecule has 0 aromatic heterocycles. The molecule has 2 rings (SSSR count). The SMILES string of the molecule is CCOc1ccccc1C(C)N1CCCCC1CCNC. The zero-order chi connectivity index (χ0) is 15.1. The summed E-state index contributed by atoms with van der Waals surface area (Å²) in [7, 11) is 2.04. The van der Waals surface area contributed by atoms with Gasteiger partial charge in [0.2, 0.25) is 0 Å². The monoisotopic (exact) mass is 290 g/mol. The topological polar surface area (TPSA) is 24.5 Å². The molecule has 1 fully saturated rings. The second-order valence-electron chi connectivity index (χ2n) is 5.93. The maximum atomic E-state index is 5.83. The van der Waals surface area contributed by atoms with E-state index in [-0.39, 0.29) is 0 Å². The van der Waals surface area contributed by atoms with Crippen LogP contribution in [0.15, 0.2) is 24.3 Å². The van der Waals surface area contributed by atoms with Gasteiger partial charge in [-0.15, -0.1) is 0 Å². The average Bonchev–Trinajstić information content (AvgIpc) is 2.53. The number of nitrogens with one attached hydrogen (secondary N) is 1. The van der Waals surface area contributed by atoms with Crippen LogP contribution in [0.1, 0.15) is 51.1 Å². The van der Waals surface area contributed by atoms with E-state index >= 15 is 0 Å². The summed E-state index contributed by atoms with van der Waals surface area (Å²) in [5.41, 5.74) is 1.33. The number of hydrogen-bond donors (Lipinski definition) is 1. The van der Waals surface area contributed by atoms with E-state index in [1.807, 2.05) is 7.05 Å². The highest BCUT2D eigenvalue weighted by Gasteiger charge is 2.28. The number of para-hydroxylation sites is 1. The second kappa shape index (κ2) is 8.40. The Balaban J connectivity index is 2.14. The van der Waals surface area contributed by atoms with Crippen molar-refractivity contribution >= 4 is 0 Å². The van der Waals surface area contributed by atoms with Crippen molar-refractivity contribution in [2.45, 2.75) is 51.6 Å². The van der Waals surface area contributed by atoms with Crippen molar-refractivity contribution < 1.29 is 4.74 Å². The molecule has 1 aromatic carbocycles. The van der Waals surface area contributed by atoms with E-state index < -0.39 is 0 Å². The number of piperidine rings is 1. The average molecular weight is 290 g/mol. The molecular weight excluding hydrogens is 260 g/mol. The minimum atomic E-state index is 0.426. The highest BCUT2D eigenvalue weighted by atomic mass is 16.5. The Bertz CT molecular complexity index is 421. The third-order valence-electron chi connectivity index (χ3n) is 4.57. The normalized spacial score (nSPS) is 21.2. The van der Waals surface area contributed by atoms with Crippen LogP contribution in [0.5, 0.6) is 5.75 Å². The third kappa shape index (κ3) is 4.21. The van der Waals surface area contributed by atoms with E-state index in [0.717, 1.165) is 18.9 Å². The van der Waals surface area contributed by atoms with Gasteiger partial charge in [0.15, 0.2) is 0 Å². The van der Waals surface area contributed by atoms with Gasteiger partial charge in [-0.3, -0.25) is 4.90 Å². The first-order chi connectivity index (χ1) is 10.3. The highest BCUT2D eigenvalue weighted by Crippen LogP contribution is 2.34. The van der Waals surface area contributed by atoms with Crippen molar-refractivity contribution in [3.63, 3.8) is 0 Å². The molecule has 1 aliphatic rings. The molecule has 1 N–H and O–H groups in total. The summed E-state index contributed by atoms with van der Waals surface area (Å²) >= 11 is 0. The molecule has 1 aromatic rings. The van der Waals surface area contributed by atoms with Crippen molar-refractivity contribution in [1.82, 2.24) is 10.2 Å². The second-order valence-corrected chi connectivity index (χ2v) is 5.93. The Hall–Kier alpha value is -1.06. The first-order valence-electron chi connectivity index (χ1n) is 8.40. The van der Waals surface area contributed by atoms with Crippen molar-refractivity contribution in [2.24, 2.45) is 0 Å². The number of ether oxygens (including phenoxy) is 1. The van der Waals surface area contributed by atoms with E-state index in [9.17, 15) is 0 Å². The van der Waals surface area contributed by atoms with Gasteiger partial charge in [-0.05, 0) is 59.3 Å². The molecule has 2 atom stereocenters. The van der Waals surface area contributed by atoms with Crippen molar-refractivity contribution in [3.8, 4) is 5.75 Å². The van der Waals surface area contributed by atoms with Crippen LogP contribution in [0, 0.1) is 0 Å².